The van der Waals surface area contributed by atoms with E-state index in [9.17, 15) is 9.59 Å². The van der Waals surface area contributed by atoms with Gasteiger partial charge in [-0.25, -0.2) is 4.98 Å². The molecule has 0 radical (unpaired) electrons. The van der Waals surface area contributed by atoms with Crippen molar-refractivity contribution in [3.8, 4) is 0 Å². The highest BCUT2D eigenvalue weighted by molar-refractivity contribution is 7.80. The lowest BCUT2D eigenvalue weighted by atomic mass is 10.1. The summed E-state index contributed by atoms with van der Waals surface area (Å²) in [7, 11) is 0. The van der Waals surface area contributed by atoms with Crippen LogP contribution in [0.15, 0.2) is 48.7 Å². The Bertz CT molecular complexity index is 785. The molecule has 0 saturated carbocycles. The van der Waals surface area contributed by atoms with Crippen LogP contribution in [-0.2, 0) is 20.7 Å². The van der Waals surface area contributed by atoms with Crippen molar-refractivity contribution in [2.45, 2.75) is 32.1 Å². The minimum Gasteiger partial charge on any atom is -0.466 e. The largest absolute Gasteiger partial charge is 0.466 e. The highest BCUT2D eigenvalue weighted by Gasteiger charge is 2.08. The number of pyridine rings is 1. The molecule has 0 saturated heterocycles. The minimum atomic E-state index is -0.297. The zero-order chi connectivity index (χ0) is 20.2. The molecule has 0 atom stereocenters. The lowest BCUT2D eigenvalue weighted by Gasteiger charge is -2.09. The molecule has 1 aromatic carbocycles. The van der Waals surface area contributed by atoms with Gasteiger partial charge >= 0.3 is 5.97 Å². The van der Waals surface area contributed by atoms with E-state index in [1.165, 1.54) is 11.8 Å². The van der Waals surface area contributed by atoms with Crippen LogP contribution >= 0.6 is 23.8 Å². The van der Waals surface area contributed by atoms with Crippen LogP contribution in [0.2, 0.25) is 5.15 Å². The maximum absolute atomic E-state index is 11.9. The average molecular weight is 420 g/mol. The van der Waals surface area contributed by atoms with Crippen LogP contribution in [0.1, 0.15) is 31.2 Å². The van der Waals surface area contributed by atoms with Crippen molar-refractivity contribution in [3.05, 3.63) is 59.4 Å². The second-order valence-electron chi connectivity index (χ2n) is 6.04. The fourth-order valence-corrected chi connectivity index (χ4v) is 2.72. The summed E-state index contributed by atoms with van der Waals surface area (Å²) in [5.74, 6) is -0.565. The molecule has 0 bridgehead atoms. The SMILES string of the molecule is O=C(CCCC(=O)OCCCc1ccccc1)NC(=S)Nc1ccc(Cl)nc1. The van der Waals surface area contributed by atoms with E-state index in [-0.39, 0.29) is 29.8 Å². The van der Waals surface area contributed by atoms with Gasteiger partial charge in [-0.3, -0.25) is 9.59 Å². The van der Waals surface area contributed by atoms with E-state index in [2.05, 4.69) is 15.6 Å². The van der Waals surface area contributed by atoms with Crippen LogP contribution in [0.5, 0.6) is 0 Å². The number of amides is 1. The third-order valence-electron chi connectivity index (χ3n) is 3.74. The maximum Gasteiger partial charge on any atom is 0.305 e. The highest BCUT2D eigenvalue weighted by Crippen LogP contribution is 2.09. The predicted molar refractivity (Wildman–Crippen MR) is 113 cm³/mol. The van der Waals surface area contributed by atoms with E-state index in [1.807, 2.05) is 30.3 Å². The first-order valence-electron chi connectivity index (χ1n) is 8.95. The first-order valence-corrected chi connectivity index (χ1v) is 9.73. The summed E-state index contributed by atoms with van der Waals surface area (Å²) in [5, 5.41) is 5.92. The minimum absolute atomic E-state index is 0.164. The van der Waals surface area contributed by atoms with Gasteiger partial charge in [0, 0.05) is 12.8 Å². The average Bonchev–Trinajstić information content (AvgIpc) is 2.68. The Morgan fingerprint density at radius 3 is 2.57 bits per heavy atom. The molecular formula is C20H22ClN3O3S. The molecule has 1 aromatic heterocycles. The van der Waals surface area contributed by atoms with Crippen LogP contribution in [0.4, 0.5) is 5.69 Å². The number of hydrogen-bond acceptors (Lipinski definition) is 5. The number of nitrogens with one attached hydrogen (secondary N) is 2. The molecule has 2 N–H and O–H groups in total. The van der Waals surface area contributed by atoms with Crippen molar-refractivity contribution in [1.82, 2.24) is 10.3 Å². The Labute approximate surface area is 174 Å². The van der Waals surface area contributed by atoms with Crippen LogP contribution in [0.3, 0.4) is 0 Å². The number of ether oxygens (including phenoxy) is 1. The molecule has 0 fully saturated rings. The topological polar surface area (TPSA) is 80.3 Å². The molecule has 0 aliphatic rings. The van der Waals surface area contributed by atoms with Gasteiger partial charge in [0.25, 0.3) is 0 Å². The maximum atomic E-state index is 11.9. The number of benzene rings is 1. The fourth-order valence-electron chi connectivity index (χ4n) is 2.37. The van der Waals surface area contributed by atoms with E-state index >= 15 is 0 Å². The second kappa shape index (κ2) is 12.0. The molecule has 28 heavy (non-hydrogen) atoms. The van der Waals surface area contributed by atoms with E-state index in [1.54, 1.807) is 12.1 Å². The molecular weight excluding hydrogens is 398 g/mol. The van der Waals surface area contributed by atoms with Gasteiger partial charge in [-0.05, 0) is 49.2 Å². The van der Waals surface area contributed by atoms with Crippen molar-refractivity contribution in [3.63, 3.8) is 0 Å². The molecule has 6 nitrogen and oxygen atoms in total. The number of esters is 1. The van der Waals surface area contributed by atoms with Gasteiger partial charge in [0.1, 0.15) is 5.15 Å². The van der Waals surface area contributed by atoms with Crippen molar-refractivity contribution < 1.29 is 14.3 Å². The number of anilines is 1. The van der Waals surface area contributed by atoms with Gasteiger partial charge in [0.15, 0.2) is 5.11 Å². The normalized spacial score (nSPS) is 10.2. The lowest BCUT2D eigenvalue weighted by Crippen LogP contribution is -2.34. The van der Waals surface area contributed by atoms with Crippen molar-refractivity contribution in [2.24, 2.45) is 0 Å². The molecule has 1 heterocycles. The Hall–Kier alpha value is -2.51. The predicted octanol–water partition coefficient (Wildman–Crippen LogP) is 3.89. The quantitative estimate of drug-likeness (QED) is 0.278. The Balaban J connectivity index is 1.54. The highest BCUT2D eigenvalue weighted by atomic mass is 35.5. The van der Waals surface area contributed by atoms with E-state index in [0.29, 0.717) is 23.9 Å². The van der Waals surface area contributed by atoms with Crippen LogP contribution in [0, 0.1) is 0 Å². The molecule has 2 aromatic rings. The summed E-state index contributed by atoms with van der Waals surface area (Å²) >= 11 is 10.8. The Morgan fingerprint density at radius 2 is 1.86 bits per heavy atom. The van der Waals surface area contributed by atoms with E-state index in [4.69, 9.17) is 28.6 Å². The number of aromatic nitrogens is 1. The Morgan fingerprint density at radius 1 is 1.07 bits per heavy atom. The second-order valence-corrected chi connectivity index (χ2v) is 6.83. The number of thiocarbonyl (C=S) groups is 1. The summed E-state index contributed by atoms with van der Waals surface area (Å²) in [6, 6.07) is 13.3. The zero-order valence-corrected chi connectivity index (χ0v) is 16.9. The summed E-state index contributed by atoms with van der Waals surface area (Å²) in [4.78, 5) is 27.5. The van der Waals surface area contributed by atoms with Crippen molar-refractivity contribution in [1.29, 1.82) is 0 Å². The molecule has 0 aliphatic heterocycles. The van der Waals surface area contributed by atoms with E-state index < -0.39 is 0 Å². The molecule has 148 valence electrons. The number of nitrogens with zero attached hydrogens (tertiary/aromatic N) is 1. The first kappa shape index (κ1) is 21.8. The number of aryl methyl sites for hydroxylation is 1. The number of halogens is 1. The van der Waals surface area contributed by atoms with Gasteiger partial charge in [-0.15, -0.1) is 0 Å². The standard InChI is InChI=1S/C20H22ClN3O3S/c21-17-12-11-16(14-22-17)23-20(28)24-18(25)9-4-10-19(26)27-13-5-8-15-6-2-1-3-7-15/h1-3,6-7,11-12,14H,4-5,8-10,13H2,(H2,23,24,25,28). The monoisotopic (exact) mass is 419 g/mol. The van der Waals surface area contributed by atoms with Crippen LogP contribution in [0.25, 0.3) is 0 Å². The third kappa shape index (κ3) is 8.92. The molecule has 8 heteroatoms. The van der Waals surface area contributed by atoms with Crippen molar-refractivity contribution >= 4 is 46.5 Å². The summed E-state index contributed by atoms with van der Waals surface area (Å²) in [5.41, 5.74) is 1.84. The fraction of sp³-hybridized carbons (Fsp3) is 0.300. The molecule has 1 amide bonds. The molecule has 0 spiro atoms. The van der Waals surface area contributed by atoms with Crippen LogP contribution < -0.4 is 10.6 Å². The smallest absolute Gasteiger partial charge is 0.305 e. The lowest BCUT2D eigenvalue weighted by molar-refractivity contribution is -0.143. The summed E-state index contributed by atoms with van der Waals surface area (Å²) in [6.45, 7) is 0.378. The number of carbonyl (C=O) groups excluding carboxylic acids is 2. The molecule has 0 unspecified atom stereocenters. The third-order valence-corrected chi connectivity index (χ3v) is 4.17. The van der Waals surface area contributed by atoms with Gasteiger partial charge < -0.3 is 15.4 Å². The molecule has 0 aliphatic carbocycles. The van der Waals surface area contributed by atoms with Gasteiger partial charge in [-0.1, -0.05) is 41.9 Å². The Kier molecular flexibility index (Phi) is 9.37. The zero-order valence-electron chi connectivity index (χ0n) is 15.3. The van der Waals surface area contributed by atoms with Crippen LogP contribution in [-0.4, -0.2) is 28.6 Å². The van der Waals surface area contributed by atoms with Crippen molar-refractivity contribution in [2.75, 3.05) is 11.9 Å². The number of hydrogen-bond donors (Lipinski definition) is 2. The van der Waals surface area contributed by atoms with Gasteiger partial charge in [0.2, 0.25) is 5.91 Å². The first-order chi connectivity index (χ1) is 13.5. The molecule has 2 rings (SSSR count). The van der Waals surface area contributed by atoms with E-state index in [0.717, 1.165) is 12.8 Å². The summed E-state index contributed by atoms with van der Waals surface area (Å²) in [6.07, 6.45) is 3.92. The van der Waals surface area contributed by atoms with Gasteiger partial charge in [-0.2, -0.15) is 0 Å². The number of carbonyl (C=O) groups is 2. The van der Waals surface area contributed by atoms with Gasteiger partial charge in [0.05, 0.1) is 18.5 Å². The summed E-state index contributed by atoms with van der Waals surface area (Å²) < 4.78 is 5.19. The number of rotatable bonds is 9.